The first-order chi connectivity index (χ1) is 6.59. The molecule has 0 amide bonds. The fourth-order valence-electron chi connectivity index (χ4n) is 1.23. The molecule has 1 heterocycles. The molecule has 0 radical (unpaired) electrons. The summed E-state index contributed by atoms with van der Waals surface area (Å²) in [6.07, 6.45) is 3.65. The number of carboxylic acid groups (broad SMARTS) is 1. The van der Waals surface area contributed by atoms with Crippen LogP contribution in [0.5, 0.6) is 0 Å². The maximum atomic E-state index is 10.9. The standard InChI is InChI=1S/C9H15N3O2/c1-6(2)12-8(9(13)14)3-7-4-10-5-11-7/h4-6,8,12H,3H2,1-2H3,(H,10,11)(H,13,14). The van der Waals surface area contributed by atoms with Gasteiger partial charge in [-0.15, -0.1) is 0 Å². The highest BCUT2D eigenvalue weighted by atomic mass is 16.4. The van der Waals surface area contributed by atoms with Gasteiger partial charge >= 0.3 is 5.97 Å². The molecule has 0 bridgehead atoms. The van der Waals surface area contributed by atoms with Gasteiger partial charge < -0.3 is 15.4 Å². The van der Waals surface area contributed by atoms with Gasteiger partial charge in [0.1, 0.15) is 6.04 Å². The van der Waals surface area contributed by atoms with E-state index in [9.17, 15) is 4.79 Å². The van der Waals surface area contributed by atoms with Crippen LogP contribution in [-0.2, 0) is 11.2 Å². The minimum Gasteiger partial charge on any atom is -0.480 e. The molecular formula is C9H15N3O2. The van der Waals surface area contributed by atoms with Crippen LogP contribution in [-0.4, -0.2) is 33.1 Å². The molecule has 0 saturated carbocycles. The fourth-order valence-corrected chi connectivity index (χ4v) is 1.23. The lowest BCUT2D eigenvalue weighted by Crippen LogP contribution is -2.42. The third-order valence-corrected chi connectivity index (χ3v) is 1.80. The summed E-state index contributed by atoms with van der Waals surface area (Å²) in [5.41, 5.74) is 0.755. The second kappa shape index (κ2) is 4.76. The van der Waals surface area contributed by atoms with Crippen LogP contribution in [0, 0.1) is 0 Å². The average Bonchev–Trinajstić information content (AvgIpc) is 2.54. The molecule has 78 valence electrons. The van der Waals surface area contributed by atoms with Crippen molar-refractivity contribution in [2.75, 3.05) is 0 Å². The molecule has 0 aliphatic rings. The predicted molar refractivity (Wildman–Crippen MR) is 52.0 cm³/mol. The van der Waals surface area contributed by atoms with Gasteiger partial charge in [-0.3, -0.25) is 4.79 Å². The second-order valence-corrected chi connectivity index (χ2v) is 3.48. The molecule has 0 aliphatic heterocycles. The molecule has 5 heteroatoms. The zero-order valence-corrected chi connectivity index (χ0v) is 8.32. The van der Waals surface area contributed by atoms with Crippen LogP contribution in [0.25, 0.3) is 0 Å². The molecule has 1 unspecified atom stereocenters. The number of nitrogens with zero attached hydrogens (tertiary/aromatic N) is 1. The van der Waals surface area contributed by atoms with Crippen molar-refractivity contribution in [3.63, 3.8) is 0 Å². The van der Waals surface area contributed by atoms with E-state index in [-0.39, 0.29) is 6.04 Å². The Morgan fingerprint density at radius 2 is 2.43 bits per heavy atom. The Hall–Kier alpha value is -1.36. The first-order valence-corrected chi connectivity index (χ1v) is 4.56. The van der Waals surface area contributed by atoms with E-state index in [0.717, 1.165) is 5.69 Å². The molecule has 3 N–H and O–H groups in total. The Kier molecular flexibility index (Phi) is 3.64. The summed E-state index contributed by atoms with van der Waals surface area (Å²) in [6, 6.07) is -0.423. The number of aromatic nitrogens is 2. The number of hydrogen-bond donors (Lipinski definition) is 3. The number of nitrogens with one attached hydrogen (secondary N) is 2. The van der Waals surface area contributed by atoms with Crippen LogP contribution >= 0.6 is 0 Å². The van der Waals surface area contributed by atoms with Gasteiger partial charge in [0.25, 0.3) is 0 Å². The van der Waals surface area contributed by atoms with Crippen molar-refractivity contribution in [1.82, 2.24) is 15.3 Å². The highest BCUT2D eigenvalue weighted by Crippen LogP contribution is 1.99. The van der Waals surface area contributed by atoms with Crippen molar-refractivity contribution < 1.29 is 9.90 Å². The minimum absolute atomic E-state index is 0.148. The van der Waals surface area contributed by atoms with E-state index in [0.29, 0.717) is 6.42 Å². The number of aliphatic carboxylic acids is 1. The molecule has 0 aliphatic carbocycles. The molecule has 1 atom stereocenters. The minimum atomic E-state index is -0.846. The zero-order chi connectivity index (χ0) is 10.6. The highest BCUT2D eigenvalue weighted by Gasteiger charge is 2.18. The number of rotatable bonds is 5. The van der Waals surface area contributed by atoms with Gasteiger partial charge in [-0.25, -0.2) is 4.98 Å². The third kappa shape index (κ3) is 3.18. The Balaban J connectivity index is 2.56. The van der Waals surface area contributed by atoms with Gasteiger partial charge in [0.15, 0.2) is 0 Å². The maximum absolute atomic E-state index is 10.9. The summed E-state index contributed by atoms with van der Waals surface area (Å²) in [5.74, 6) is -0.846. The smallest absolute Gasteiger partial charge is 0.321 e. The number of imidazole rings is 1. The van der Waals surface area contributed by atoms with E-state index in [1.807, 2.05) is 13.8 Å². The number of H-pyrrole nitrogens is 1. The lowest BCUT2D eigenvalue weighted by molar-refractivity contribution is -0.139. The molecule has 5 nitrogen and oxygen atoms in total. The van der Waals surface area contributed by atoms with Crippen molar-refractivity contribution in [3.05, 3.63) is 18.2 Å². The van der Waals surface area contributed by atoms with Crippen LogP contribution in [0.3, 0.4) is 0 Å². The van der Waals surface area contributed by atoms with Crippen molar-refractivity contribution in [1.29, 1.82) is 0 Å². The van der Waals surface area contributed by atoms with Gasteiger partial charge in [0.2, 0.25) is 0 Å². The van der Waals surface area contributed by atoms with Crippen molar-refractivity contribution in [2.24, 2.45) is 0 Å². The fraction of sp³-hybridized carbons (Fsp3) is 0.556. The predicted octanol–water partition coefficient (Wildman–Crippen LogP) is 0.403. The summed E-state index contributed by atoms with van der Waals surface area (Å²) >= 11 is 0. The van der Waals surface area contributed by atoms with E-state index < -0.39 is 12.0 Å². The van der Waals surface area contributed by atoms with Gasteiger partial charge in [0, 0.05) is 18.7 Å². The summed E-state index contributed by atoms with van der Waals surface area (Å²) in [6.45, 7) is 3.83. The van der Waals surface area contributed by atoms with E-state index in [1.165, 1.54) is 0 Å². The Bertz CT molecular complexity index is 282. The van der Waals surface area contributed by atoms with Gasteiger partial charge in [0.05, 0.1) is 12.0 Å². The topological polar surface area (TPSA) is 78.0 Å². The van der Waals surface area contributed by atoms with Crippen molar-refractivity contribution in [3.8, 4) is 0 Å². The summed E-state index contributed by atoms with van der Waals surface area (Å²) < 4.78 is 0. The van der Waals surface area contributed by atoms with E-state index in [2.05, 4.69) is 15.3 Å². The number of aromatic amines is 1. The van der Waals surface area contributed by atoms with Crippen molar-refractivity contribution >= 4 is 5.97 Å². The molecule has 1 aromatic heterocycles. The maximum Gasteiger partial charge on any atom is 0.321 e. The SMILES string of the molecule is CC(C)NC(Cc1c[nH]cn1)C(=O)O. The zero-order valence-electron chi connectivity index (χ0n) is 8.32. The molecule has 1 rings (SSSR count). The van der Waals surface area contributed by atoms with Crippen molar-refractivity contribution in [2.45, 2.75) is 32.4 Å². The van der Waals surface area contributed by atoms with Crippen LogP contribution in [0.15, 0.2) is 12.5 Å². The Labute approximate surface area is 82.6 Å². The lowest BCUT2D eigenvalue weighted by Gasteiger charge is -2.15. The molecule has 0 fully saturated rings. The van der Waals surface area contributed by atoms with Gasteiger partial charge in [-0.2, -0.15) is 0 Å². The molecular weight excluding hydrogens is 182 g/mol. The average molecular weight is 197 g/mol. The van der Waals surface area contributed by atoms with Crippen LogP contribution < -0.4 is 5.32 Å². The van der Waals surface area contributed by atoms with E-state index in [4.69, 9.17) is 5.11 Å². The second-order valence-electron chi connectivity index (χ2n) is 3.48. The quantitative estimate of drug-likeness (QED) is 0.638. The number of carbonyl (C=O) groups is 1. The Morgan fingerprint density at radius 3 is 2.86 bits per heavy atom. The lowest BCUT2D eigenvalue weighted by atomic mass is 10.1. The number of hydrogen-bond acceptors (Lipinski definition) is 3. The highest BCUT2D eigenvalue weighted by molar-refractivity contribution is 5.73. The first kappa shape index (κ1) is 10.7. The third-order valence-electron chi connectivity index (χ3n) is 1.80. The van der Waals surface area contributed by atoms with Crippen LogP contribution in [0.2, 0.25) is 0 Å². The van der Waals surface area contributed by atoms with Gasteiger partial charge in [-0.1, -0.05) is 13.8 Å². The normalized spacial score (nSPS) is 13.1. The Morgan fingerprint density at radius 1 is 1.71 bits per heavy atom. The molecule has 0 saturated heterocycles. The van der Waals surface area contributed by atoms with Gasteiger partial charge in [-0.05, 0) is 0 Å². The monoisotopic (exact) mass is 197 g/mol. The first-order valence-electron chi connectivity index (χ1n) is 4.56. The number of carboxylic acids is 1. The van der Waals surface area contributed by atoms with Crippen LogP contribution in [0.1, 0.15) is 19.5 Å². The van der Waals surface area contributed by atoms with E-state index in [1.54, 1.807) is 12.5 Å². The summed E-state index contributed by atoms with van der Waals surface area (Å²) in [7, 11) is 0. The molecule has 0 spiro atoms. The molecule has 14 heavy (non-hydrogen) atoms. The largest absolute Gasteiger partial charge is 0.480 e. The van der Waals surface area contributed by atoms with E-state index >= 15 is 0 Å². The molecule has 0 aromatic carbocycles. The summed E-state index contributed by atoms with van der Waals surface area (Å²) in [5, 5.41) is 11.9. The summed E-state index contributed by atoms with van der Waals surface area (Å²) in [4.78, 5) is 17.6. The van der Waals surface area contributed by atoms with Crippen LogP contribution in [0.4, 0.5) is 0 Å². The molecule has 1 aromatic rings.